The van der Waals surface area contributed by atoms with E-state index in [1.165, 1.54) is 7.11 Å². The lowest BCUT2D eigenvalue weighted by Crippen LogP contribution is -1.95. The van der Waals surface area contributed by atoms with Crippen molar-refractivity contribution < 1.29 is 19.4 Å². The predicted molar refractivity (Wildman–Crippen MR) is 79.2 cm³/mol. The summed E-state index contributed by atoms with van der Waals surface area (Å²) in [4.78, 5) is 11.3. The maximum absolute atomic E-state index is 11.2. The minimum absolute atomic E-state index is 0.0894. The van der Waals surface area contributed by atoms with E-state index in [0.717, 1.165) is 11.3 Å². The van der Waals surface area contributed by atoms with Gasteiger partial charge in [0.1, 0.15) is 4.88 Å². The van der Waals surface area contributed by atoms with Gasteiger partial charge in [-0.3, -0.25) is 0 Å². The molecule has 19 heavy (non-hydrogen) atoms. The molecule has 4 nitrogen and oxygen atoms in total. The van der Waals surface area contributed by atoms with Crippen LogP contribution in [-0.2, 0) is 0 Å². The molecular formula is C12H10BrClO4S. The van der Waals surface area contributed by atoms with E-state index in [-0.39, 0.29) is 9.90 Å². The Bertz CT molecular complexity index is 653. The van der Waals surface area contributed by atoms with Crippen molar-refractivity contribution in [2.24, 2.45) is 0 Å². The molecule has 0 aliphatic heterocycles. The van der Waals surface area contributed by atoms with Gasteiger partial charge >= 0.3 is 5.97 Å². The Hall–Kier alpha value is -0.980. The van der Waals surface area contributed by atoms with Gasteiger partial charge in [0.15, 0.2) is 11.5 Å². The highest BCUT2D eigenvalue weighted by Gasteiger charge is 2.23. The third-order valence-electron chi connectivity index (χ3n) is 2.48. The zero-order valence-electron chi connectivity index (χ0n) is 10.1. The van der Waals surface area contributed by atoms with Crippen molar-refractivity contribution in [2.45, 2.75) is 6.92 Å². The number of carbonyl (C=O) groups is 1. The Morgan fingerprint density at radius 1 is 1.58 bits per heavy atom. The van der Waals surface area contributed by atoms with E-state index in [9.17, 15) is 4.79 Å². The first-order valence-corrected chi connectivity index (χ1v) is 7.34. The number of thiophene rings is 1. The fourth-order valence-corrected chi connectivity index (χ4v) is 4.07. The molecule has 0 aliphatic rings. The lowest BCUT2D eigenvalue weighted by molar-refractivity contribution is 0.0702. The van der Waals surface area contributed by atoms with E-state index in [1.54, 1.807) is 6.07 Å². The van der Waals surface area contributed by atoms with Crippen LogP contribution in [0.2, 0.25) is 5.02 Å². The molecule has 0 atom stereocenters. The number of halogens is 2. The quantitative estimate of drug-likeness (QED) is 0.871. The van der Waals surface area contributed by atoms with Gasteiger partial charge in [-0.05, 0) is 28.9 Å². The van der Waals surface area contributed by atoms with Gasteiger partial charge in [-0.2, -0.15) is 0 Å². The normalized spacial score (nSPS) is 10.7. The van der Waals surface area contributed by atoms with Crippen molar-refractivity contribution in [1.29, 1.82) is 0 Å². The molecular weight excluding hydrogens is 356 g/mol. The maximum Gasteiger partial charge on any atom is 0.347 e. The molecule has 2 aromatic rings. The van der Waals surface area contributed by atoms with E-state index < -0.39 is 5.97 Å². The SMILES string of the molecule is CCOc1c(OC)cc(Br)c2c(Cl)c(C(=O)O)sc12. The van der Waals surface area contributed by atoms with Crippen molar-refractivity contribution in [3.05, 3.63) is 20.4 Å². The van der Waals surface area contributed by atoms with Gasteiger partial charge < -0.3 is 14.6 Å². The smallest absolute Gasteiger partial charge is 0.347 e. The van der Waals surface area contributed by atoms with Gasteiger partial charge in [0, 0.05) is 9.86 Å². The molecule has 0 unspecified atom stereocenters. The lowest BCUT2D eigenvalue weighted by Gasteiger charge is -2.11. The van der Waals surface area contributed by atoms with E-state index in [4.69, 9.17) is 26.2 Å². The largest absolute Gasteiger partial charge is 0.493 e. The van der Waals surface area contributed by atoms with Gasteiger partial charge in [-0.15, -0.1) is 11.3 Å². The highest BCUT2D eigenvalue weighted by Crippen LogP contribution is 2.48. The number of fused-ring (bicyclic) bond motifs is 1. The summed E-state index contributed by atoms with van der Waals surface area (Å²) in [6.45, 7) is 2.30. The summed E-state index contributed by atoms with van der Waals surface area (Å²) in [5, 5.41) is 9.99. The number of hydrogen-bond acceptors (Lipinski definition) is 4. The first kappa shape index (κ1) is 14.4. The third-order valence-corrected chi connectivity index (χ3v) is 4.77. The van der Waals surface area contributed by atoms with Crippen LogP contribution in [0.3, 0.4) is 0 Å². The van der Waals surface area contributed by atoms with Crippen LogP contribution in [0.4, 0.5) is 0 Å². The molecule has 1 heterocycles. The second-order valence-electron chi connectivity index (χ2n) is 3.58. The summed E-state index contributed by atoms with van der Waals surface area (Å²) < 4.78 is 12.2. The second kappa shape index (κ2) is 5.56. The van der Waals surface area contributed by atoms with Crippen molar-refractivity contribution in [3.63, 3.8) is 0 Å². The van der Waals surface area contributed by atoms with Gasteiger partial charge in [0.05, 0.1) is 23.4 Å². The van der Waals surface area contributed by atoms with E-state index in [1.807, 2.05) is 6.92 Å². The summed E-state index contributed by atoms with van der Waals surface area (Å²) >= 11 is 10.6. The Balaban J connectivity index is 2.86. The molecule has 2 rings (SSSR count). The lowest BCUT2D eigenvalue weighted by atomic mass is 10.2. The third kappa shape index (κ3) is 2.40. The highest BCUT2D eigenvalue weighted by molar-refractivity contribution is 9.10. The number of methoxy groups -OCH3 is 1. The summed E-state index contributed by atoms with van der Waals surface area (Å²) in [6, 6.07) is 1.72. The summed E-state index contributed by atoms with van der Waals surface area (Å²) in [7, 11) is 1.53. The molecule has 0 aliphatic carbocycles. The number of benzene rings is 1. The molecule has 0 saturated carbocycles. The van der Waals surface area contributed by atoms with Crippen LogP contribution in [0.25, 0.3) is 10.1 Å². The average molecular weight is 366 g/mol. The number of aromatic carboxylic acids is 1. The van der Waals surface area contributed by atoms with Crippen molar-refractivity contribution in [1.82, 2.24) is 0 Å². The fourth-order valence-electron chi connectivity index (χ4n) is 1.72. The van der Waals surface area contributed by atoms with E-state index in [0.29, 0.717) is 32.7 Å². The van der Waals surface area contributed by atoms with Gasteiger partial charge in [-0.25, -0.2) is 4.79 Å². The summed E-state index contributed by atoms with van der Waals surface area (Å²) in [6.07, 6.45) is 0. The zero-order valence-corrected chi connectivity index (χ0v) is 13.3. The maximum atomic E-state index is 11.2. The molecule has 0 radical (unpaired) electrons. The van der Waals surface area contributed by atoms with Gasteiger partial charge in [-0.1, -0.05) is 11.6 Å². The van der Waals surface area contributed by atoms with Crippen LogP contribution in [0, 0.1) is 0 Å². The Morgan fingerprint density at radius 3 is 2.79 bits per heavy atom. The van der Waals surface area contributed by atoms with Crippen LogP contribution in [0.1, 0.15) is 16.6 Å². The van der Waals surface area contributed by atoms with Crippen LogP contribution in [0.15, 0.2) is 10.5 Å². The first-order chi connectivity index (χ1) is 9.01. The molecule has 1 aromatic carbocycles. The molecule has 0 saturated heterocycles. The Kier molecular flexibility index (Phi) is 4.23. The number of rotatable bonds is 4. The molecule has 102 valence electrons. The van der Waals surface area contributed by atoms with Crippen molar-refractivity contribution in [2.75, 3.05) is 13.7 Å². The van der Waals surface area contributed by atoms with Gasteiger partial charge in [0.2, 0.25) is 0 Å². The van der Waals surface area contributed by atoms with Crippen LogP contribution >= 0.6 is 38.9 Å². The topological polar surface area (TPSA) is 55.8 Å². The Labute approximate surface area is 127 Å². The number of hydrogen-bond donors (Lipinski definition) is 1. The fraction of sp³-hybridized carbons (Fsp3) is 0.250. The monoisotopic (exact) mass is 364 g/mol. The Morgan fingerprint density at radius 2 is 2.26 bits per heavy atom. The van der Waals surface area contributed by atoms with Crippen molar-refractivity contribution >= 4 is 54.9 Å². The number of ether oxygens (including phenoxy) is 2. The molecule has 1 aromatic heterocycles. The average Bonchev–Trinajstić information content (AvgIpc) is 2.71. The standard InChI is InChI=1S/C12H10BrClO4S/c1-3-18-9-6(17-2)4-5(13)7-8(14)11(12(15)16)19-10(7)9/h4H,3H2,1-2H3,(H,15,16). The minimum atomic E-state index is -1.06. The van der Waals surface area contributed by atoms with Gasteiger partial charge in [0.25, 0.3) is 0 Å². The highest BCUT2D eigenvalue weighted by atomic mass is 79.9. The van der Waals surface area contributed by atoms with E-state index in [2.05, 4.69) is 15.9 Å². The molecule has 0 fully saturated rings. The summed E-state index contributed by atoms with van der Waals surface area (Å²) in [5.74, 6) is -0.00167. The molecule has 7 heteroatoms. The predicted octanol–water partition coefficient (Wildman–Crippen LogP) is 4.42. The van der Waals surface area contributed by atoms with Crippen molar-refractivity contribution in [3.8, 4) is 11.5 Å². The molecule has 0 bridgehead atoms. The first-order valence-electron chi connectivity index (χ1n) is 5.35. The molecule has 1 N–H and O–H groups in total. The van der Waals surface area contributed by atoms with Crippen LogP contribution in [0.5, 0.6) is 11.5 Å². The summed E-state index contributed by atoms with van der Waals surface area (Å²) in [5.41, 5.74) is 0. The molecule has 0 amide bonds. The van der Waals surface area contributed by atoms with Crippen LogP contribution in [-0.4, -0.2) is 24.8 Å². The van der Waals surface area contributed by atoms with E-state index >= 15 is 0 Å². The second-order valence-corrected chi connectivity index (χ2v) is 5.83. The molecule has 0 spiro atoms. The number of carboxylic acid groups (broad SMARTS) is 1. The minimum Gasteiger partial charge on any atom is -0.493 e. The van der Waals surface area contributed by atoms with Crippen LogP contribution < -0.4 is 9.47 Å². The zero-order chi connectivity index (χ0) is 14.2. The number of carboxylic acids is 1.